The summed E-state index contributed by atoms with van der Waals surface area (Å²) in [7, 11) is 1.65. The highest BCUT2D eigenvalue weighted by Crippen LogP contribution is 2.38. The van der Waals surface area contributed by atoms with Gasteiger partial charge < -0.3 is 15.0 Å². The summed E-state index contributed by atoms with van der Waals surface area (Å²) in [5.74, 6) is -0.902. The van der Waals surface area contributed by atoms with Crippen molar-refractivity contribution in [3.05, 3.63) is 71.2 Å². The molecule has 1 aliphatic heterocycles. The molecule has 0 aliphatic carbocycles. The second kappa shape index (κ2) is 9.85. The van der Waals surface area contributed by atoms with Crippen molar-refractivity contribution in [1.82, 2.24) is 9.88 Å². The van der Waals surface area contributed by atoms with Crippen molar-refractivity contribution in [3.63, 3.8) is 0 Å². The van der Waals surface area contributed by atoms with E-state index in [1.807, 2.05) is 36.9 Å². The van der Waals surface area contributed by atoms with E-state index in [4.69, 9.17) is 4.74 Å². The predicted octanol–water partition coefficient (Wildman–Crippen LogP) is 6.21. The second-order valence-electron chi connectivity index (χ2n) is 9.37. The number of carbonyl (C=O) groups excluding carboxylic acids is 1. The molecule has 5 nitrogen and oxygen atoms in total. The molecule has 0 saturated carbocycles. The SMILES string of the molecule is CO[C@@]1(c2ccc3nccc(N[C@H](C)c4cccc(C(F)F)c4F)c3c2)CCN(C(=O)C(C)C)C1. The summed E-state index contributed by atoms with van der Waals surface area (Å²) in [5, 5.41) is 4.07. The number of likely N-dealkylation sites (tertiary alicyclic amines) is 1. The standard InChI is InChI=1S/C27H30F3N3O2/c1-16(2)26(34)33-13-11-27(15-33,35-4)18-8-9-22-21(14-18)23(10-12-31-22)32-17(3)19-6-5-7-20(24(19)28)25(29)30/h5-10,12,14,16-17,25H,11,13,15H2,1-4H3,(H,31,32)/t17-,27+/m1/s1. The molecule has 1 aromatic heterocycles. The van der Waals surface area contributed by atoms with Crippen molar-refractivity contribution >= 4 is 22.5 Å². The minimum absolute atomic E-state index is 0.0929. The number of alkyl halides is 2. The summed E-state index contributed by atoms with van der Waals surface area (Å²) < 4.78 is 47.1. The smallest absolute Gasteiger partial charge is 0.266 e. The lowest BCUT2D eigenvalue weighted by Gasteiger charge is -2.29. The van der Waals surface area contributed by atoms with E-state index in [0.29, 0.717) is 25.2 Å². The Labute approximate surface area is 203 Å². The molecule has 0 unspecified atom stereocenters. The number of pyridine rings is 1. The number of aromatic nitrogens is 1. The van der Waals surface area contributed by atoms with Gasteiger partial charge in [-0.05, 0) is 37.1 Å². The number of ether oxygens (including phenoxy) is 1. The van der Waals surface area contributed by atoms with Crippen molar-refractivity contribution in [1.29, 1.82) is 0 Å². The zero-order valence-corrected chi connectivity index (χ0v) is 20.3. The van der Waals surface area contributed by atoms with Gasteiger partial charge in [0.1, 0.15) is 11.4 Å². The monoisotopic (exact) mass is 485 g/mol. The second-order valence-corrected chi connectivity index (χ2v) is 9.37. The number of nitrogens with one attached hydrogen (secondary N) is 1. The number of rotatable bonds is 7. The number of nitrogens with zero attached hydrogens (tertiary/aromatic N) is 2. The Morgan fingerprint density at radius 1 is 1.14 bits per heavy atom. The van der Waals surface area contributed by atoms with E-state index >= 15 is 0 Å². The number of fused-ring (bicyclic) bond motifs is 1. The van der Waals surface area contributed by atoms with Crippen molar-refractivity contribution < 1.29 is 22.7 Å². The van der Waals surface area contributed by atoms with Crippen molar-refractivity contribution in [2.75, 3.05) is 25.5 Å². The van der Waals surface area contributed by atoms with Gasteiger partial charge in [0.15, 0.2) is 0 Å². The quantitative estimate of drug-likeness (QED) is 0.432. The van der Waals surface area contributed by atoms with Crippen LogP contribution in [0.3, 0.4) is 0 Å². The molecule has 0 spiro atoms. The number of anilines is 1. The highest BCUT2D eigenvalue weighted by atomic mass is 19.3. The summed E-state index contributed by atoms with van der Waals surface area (Å²) in [4.78, 5) is 18.8. The molecular formula is C27H30F3N3O2. The number of benzene rings is 2. The molecule has 1 fully saturated rings. The van der Waals surface area contributed by atoms with Gasteiger partial charge in [0.25, 0.3) is 6.43 Å². The fourth-order valence-corrected chi connectivity index (χ4v) is 4.79. The van der Waals surface area contributed by atoms with E-state index in [-0.39, 0.29) is 17.4 Å². The molecule has 4 rings (SSSR count). The molecule has 2 aromatic carbocycles. The number of hydrogen-bond donors (Lipinski definition) is 1. The maximum absolute atomic E-state index is 14.7. The van der Waals surface area contributed by atoms with Gasteiger partial charge >= 0.3 is 0 Å². The van der Waals surface area contributed by atoms with Crippen molar-refractivity contribution in [2.45, 2.75) is 45.3 Å². The molecule has 1 saturated heterocycles. The Balaban J connectivity index is 1.68. The molecule has 1 N–H and O–H groups in total. The Morgan fingerprint density at radius 3 is 2.57 bits per heavy atom. The topological polar surface area (TPSA) is 54.5 Å². The van der Waals surface area contributed by atoms with Crippen LogP contribution < -0.4 is 5.32 Å². The summed E-state index contributed by atoms with van der Waals surface area (Å²) >= 11 is 0. The van der Waals surface area contributed by atoms with Crippen LogP contribution in [0.2, 0.25) is 0 Å². The van der Waals surface area contributed by atoms with Crippen LogP contribution in [-0.4, -0.2) is 36.0 Å². The maximum Gasteiger partial charge on any atom is 0.266 e. The largest absolute Gasteiger partial charge is 0.378 e. The molecule has 0 bridgehead atoms. The number of hydrogen-bond acceptors (Lipinski definition) is 4. The molecular weight excluding hydrogens is 455 g/mol. The van der Waals surface area contributed by atoms with Crippen LogP contribution >= 0.6 is 0 Å². The van der Waals surface area contributed by atoms with Gasteiger partial charge in [-0.25, -0.2) is 13.2 Å². The number of halogens is 3. The fraction of sp³-hybridized carbons (Fsp3) is 0.407. The van der Waals surface area contributed by atoms with Crippen LogP contribution in [0.15, 0.2) is 48.7 Å². The number of carbonyl (C=O) groups is 1. The Hall–Kier alpha value is -3.13. The maximum atomic E-state index is 14.7. The molecule has 1 amide bonds. The van der Waals surface area contributed by atoms with Gasteiger partial charge in [0, 0.05) is 42.4 Å². The summed E-state index contributed by atoms with van der Waals surface area (Å²) in [6.07, 6.45) is -0.572. The first kappa shape index (κ1) is 25.0. The normalized spacial score (nSPS) is 19.1. The fourth-order valence-electron chi connectivity index (χ4n) is 4.79. The Kier molecular flexibility index (Phi) is 7.03. The third-order valence-corrected chi connectivity index (χ3v) is 6.83. The minimum atomic E-state index is -2.88. The highest BCUT2D eigenvalue weighted by Gasteiger charge is 2.42. The van der Waals surface area contributed by atoms with E-state index in [9.17, 15) is 18.0 Å². The zero-order chi connectivity index (χ0) is 25.3. The van der Waals surface area contributed by atoms with Gasteiger partial charge in [0.2, 0.25) is 5.91 Å². The molecule has 3 aromatic rings. The minimum Gasteiger partial charge on any atom is -0.378 e. The average Bonchev–Trinajstić information content (AvgIpc) is 3.29. The number of methoxy groups -OCH3 is 1. The lowest BCUT2D eigenvalue weighted by atomic mass is 9.91. The molecule has 186 valence electrons. The van der Waals surface area contributed by atoms with Gasteiger partial charge in [-0.3, -0.25) is 9.78 Å². The third kappa shape index (κ3) is 4.72. The first-order chi connectivity index (χ1) is 16.7. The summed E-state index contributed by atoms with van der Waals surface area (Å²) in [5.41, 5.74) is 1.26. The number of amides is 1. The molecule has 0 radical (unpaired) electrons. The van der Waals surface area contributed by atoms with E-state index in [1.54, 1.807) is 26.3 Å². The van der Waals surface area contributed by atoms with Crippen LogP contribution in [0.25, 0.3) is 10.9 Å². The predicted molar refractivity (Wildman–Crippen MR) is 130 cm³/mol. The van der Waals surface area contributed by atoms with E-state index in [0.717, 1.165) is 22.5 Å². The van der Waals surface area contributed by atoms with Gasteiger partial charge in [0.05, 0.1) is 23.7 Å². The lowest BCUT2D eigenvalue weighted by Crippen LogP contribution is -2.37. The van der Waals surface area contributed by atoms with Crippen molar-refractivity contribution in [3.8, 4) is 0 Å². The highest BCUT2D eigenvalue weighted by molar-refractivity contribution is 5.92. The molecule has 1 aliphatic rings. The van der Waals surface area contributed by atoms with E-state index in [1.165, 1.54) is 12.1 Å². The lowest BCUT2D eigenvalue weighted by molar-refractivity contribution is -0.134. The van der Waals surface area contributed by atoms with Crippen LogP contribution in [0.5, 0.6) is 0 Å². The molecule has 2 atom stereocenters. The van der Waals surface area contributed by atoms with E-state index < -0.39 is 29.4 Å². The Morgan fingerprint density at radius 2 is 1.89 bits per heavy atom. The van der Waals surface area contributed by atoms with Gasteiger partial charge in [-0.2, -0.15) is 0 Å². The van der Waals surface area contributed by atoms with Crippen molar-refractivity contribution in [2.24, 2.45) is 5.92 Å². The summed E-state index contributed by atoms with van der Waals surface area (Å²) in [6.45, 7) is 6.56. The van der Waals surface area contributed by atoms with Crippen LogP contribution in [0.4, 0.5) is 18.9 Å². The molecule has 2 heterocycles. The average molecular weight is 486 g/mol. The van der Waals surface area contributed by atoms with Gasteiger partial charge in [-0.1, -0.05) is 38.1 Å². The van der Waals surface area contributed by atoms with Crippen LogP contribution in [0, 0.1) is 11.7 Å². The van der Waals surface area contributed by atoms with Crippen LogP contribution in [-0.2, 0) is 15.1 Å². The zero-order valence-electron chi connectivity index (χ0n) is 20.3. The third-order valence-electron chi connectivity index (χ3n) is 6.83. The molecule has 35 heavy (non-hydrogen) atoms. The van der Waals surface area contributed by atoms with Gasteiger partial charge in [-0.15, -0.1) is 0 Å². The van der Waals surface area contributed by atoms with E-state index in [2.05, 4.69) is 10.3 Å². The molecule has 8 heteroatoms. The first-order valence-corrected chi connectivity index (χ1v) is 11.7. The Bertz CT molecular complexity index is 1230. The summed E-state index contributed by atoms with van der Waals surface area (Å²) in [6, 6.07) is 11.1. The van der Waals surface area contributed by atoms with Crippen LogP contribution in [0.1, 0.15) is 56.3 Å². The first-order valence-electron chi connectivity index (χ1n) is 11.7.